The number of hydrogen-bond donors (Lipinski definition) is 0. The zero-order valence-corrected chi connectivity index (χ0v) is 8.90. The molecule has 0 aliphatic heterocycles. The summed E-state index contributed by atoms with van der Waals surface area (Å²) in [5.74, 6) is 0. The van der Waals surface area contributed by atoms with Gasteiger partial charge in [-0.3, -0.25) is 4.98 Å². The Bertz CT molecular complexity index is 446. The SMILES string of the molecule is [CH2]Cc1ccc(C)cc1-c1ccccn1. The fourth-order valence-electron chi connectivity index (χ4n) is 1.67. The molecule has 1 radical (unpaired) electrons. The summed E-state index contributed by atoms with van der Waals surface area (Å²) in [6.07, 6.45) is 2.62. The molecule has 0 atom stereocenters. The highest BCUT2D eigenvalue weighted by atomic mass is 14.7. The molecule has 1 aromatic carbocycles. The van der Waals surface area contributed by atoms with Crippen LogP contribution in [0, 0.1) is 13.8 Å². The number of aryl methyl sites for hydroxylation is 1. The summed E-state index contributed by atoms with van der Waals surface area (Å²) in [5.41, 5.74) is 4.73. The monoisotopic (exact) mass is 196 g/mol. The topological polar surface area (TPSA) is 12.9 Å². The first-order valence-corrected chi connectivity index (χ1v) is 5.11. The molecular formula is C14H14N. The molecule has 0 bridgehead atoms. The summed E-state index contributed by atoms with van der Waals surface area (Å²) in [6.45, 7) is 6.04. The number of hydrogen-bond acceptors (Lipinski definition) is 1. The highest BCUT2D eigenvalue weighted by Crippen LogP contribution is 2.23. The molecule has 0 aliphatic carbocycles. The lowest BCUT2D eigenvalue weighted by Gasteiger charge is -2.07. The van der Waals surface area contributed by atoms with Gasteiger partial charge in [0.1, 0.15) is 0 Å². The smallest absolute Gasteiger partial charge is 0.0704 e. The van der Waals surface area contributed by atoms with Crippen molar-refractivity contribution < 1.29 is 0 Å². The zero-order chi connectivity index (χ0) is 10.7. The minimum absolute atomic E-state index is 0.798. The number of pyridine rings is 1. The van der Waals surface area contributed by atoms with Gasteiger partial charge < -0.3 is 0 Å². The Morgan fingerprint density at radius 2 is 2.07 bits per heavy atom. The van der Waals surface area contributed by atoms with E-state index in [2.05, 4.69) is 37.0 Å². The van der Waals surface area contributed by atoms with Crippen LogP contribution in [0.2, 0.25) is 0 Å². The van der Waals surface area contributed by atoms with Gasteiger partial charge in [0.15, 0.2) is 0 Å². The van der Waals surface area contributed by atoms with E-state index >= 15 is 0 Å². The second-order valence-electron chi connectivity index (χ2n) is 3.63. The molecule has 1 heteroatoms. The van der Waals surface area contributed by atoms with Crippen LogP contribution in [0.25, 0.3) is 11.3 Å². The third-order valence-corrected chi connectivity index (χ3v) is 2.48. The van der Waals surface area contributed by atoms with Gasteiger partial charge in [-0.05, 0) is 44.0 Å². The van der Waals surface area contributed by atoms with Crippen LogP contribution >= 0.6 is 0 Å². The van der Waals surface area contributed by atoms with E-state index in [9.17, 15) is 0 Å². The lowest BCUT2D eigenvalue weighted by molar-refractivity contribution is 1.23. The van der Waals surface area contributed by atoms with E-state index in [0.29, 0.717) is 0 Å². The van der Waals surface area contributed by atoms with E-state index in [1.807, 2.05) is 24.4 Å². The van der Waals surface area contributed by atoms with Crippen molar-refractivity contribution in [2.45, 2.75) is 13.3 Å². The van der Waals surface area contributed by atoms with Crippen molar-refractivity contribution in [2.24, 2.45) is 0 Å². The lowest BCUT2D eigenvalue weighted by Crippen LogP contribution is -1.90. The molecule has 2 rings (SSSR count). The molecule has 0 saturated heterocycles. The molecule has 1 nitrogen and oxygen atoms in total. The van der Waals surface area contributed by atoms with Crippen molar-refractivity contribution in [1.29, 1.82) is 0 Å². The van der Waals surface area contributed by atoms with Crippen LogP contribution in [0.1, 0.15) is 11.1 Å². The molecule has 0 N–H and O–H groups in total. The van der Waals surface area contributed by atoms with Gasteiger partial charge in [-0.15, -0.1) is 0 Å². The van der Waals surface area contributed by atoms with Crippen LogP contribution in [-0.2, 0) is 6.42 Å². The van der Waals surface area contributed by atoms with Gasteiger partial charge in [0.2, 0.25) is 0 Å². The first-order chi connectivity index (χ1) is 7.31. The Labute approximate surface area is 90.8 Å². The van der Waals surface area contributed by atoms with Gasteiger partial charge in [-0.25, -0.2) is 0 Å². The molecule has 0 spiro atoms. The maximum absolute atomic E-state index is 4.37. The molecule has 1 heterocycles. The summed E-state index contributed by atoms with van der Waals surface area (Å²) in [6, 6.07) is 12.4. The van der Waals surface area contributed by atoms with Crippen molar-refractivity contribution in [3.63, 3.8) is 0 Å². The molecule has 15 heavy (non-hydrogen) atoms. The third-order valence-electron chi connectivity index (χ3n) is 2.48. The minimum atomic E-state index is 0.798. The summed E-state index contributed by atoms with van der Waals surface area (Å²) in [4.78, 5) is 4.37. The van der Waals surface area contributed by atoms with Crippen LogP contribution in [0.4, 0.5) is 0 Å². The second-order valence-corrected chi connectivity index (χ2v) is 3.63. The summed E-state index contributed by atoms with van der Waals surface area (Å²) in [7, 11) is 0. The molecule has 0 saturated carbocycles. The average Bonchev–Trinajstić information content (AvgIpc) is 2.30. The average molecular weight is 196 g/mol. The fraction of sp³-hybridized carbons (Fsp3) is 0.143. The predicted octanol–water partition coefficient (Wildman–Crippen LogP) is 3.43. The number of benzene rings is 1. The Kier molecular flexibility index (Phi) is 2.82. The standard InChI is InChI=1S/C14H14N/c1-3-12-8-7-11(2)10-13(12)14-6-4-5-9-15-14/h4-10H,1,3H2,2H3. The maximum atomic E-state index is 4.37. The van der Waals surface area contributed by atoms with E-state index in [0.717, 1.165) is 12.1 Å². The van der Waals surface area contributed by atoms with E-state index in [1.165, 1.54) is 16.7 Å². The quantitative estimate of drug-likeness (QED) is 0.717. The van der Waals surface area contributed by atoms with E-state index in [4.69, 9.17) is 0 Å². The number of aromatic nitrogens is 1. The Balaban J connectivity index is 2.56. The Morgan fingerprint density at radius 3 is 2.73 bits per heavy atom. The molecule has 2 aromatic rings. The molecule has 0 aliphatic rings. The normalized spacial score (nSPS) is 10.3. The largest absolute Gasteiger partial charge is 0.256 e. The first kappa shape index (κ1) is 9.91. The number of rotatable bonds is 2. The van der Waals surface area contributed by atoms with Gasteiger partial charge in [0.25, 0.3) is 0 Å². The van der Waals surface area contributed by atoms with Crippen molar-refractivity contribution in [2.75, 3.05) is 0 Å². The molecule has 75 valence electrons. The maximum Gasteiger partial charge on any atom is 0.0704 e. The van der Waals surface area contributed by atoms with Crippen LogP contribution in [0.15, 0.2) is 42.6 Å². The minimum Gasteiger partial charge on any atom is -0.256 e. The molecule has 1 aromatic heterocycles. The van der Waals surface area contributed by atoms with Gasteiger partial charge >= 0.3 is 0 Å². The third kappa shape index (κ3) is 2.07. The van der Waals surface area contributed by atoms with E-state index in [1.54, 1.807) is 0 Å². The highest BCUT2D eigenvalue weighted by Gasteiger charge is 2.04. The van der Waals surface area contributed by atoms with Gasteiger partial charge in [-0.2, -0.15) is 0 Å². The van der Waals surface area contributed by atoms with Gasteiger partial charge in [-0.1, -0.05) is 23.8 Å². The van der Waals surface area contributed by atoms with Crippen LogP contribution in [-0.4, -0.2) is 4.98 Å². The van der Waals surface area contributed by atoms with Crippen molar-refractivity contribution in [3.05, 3.63) is 60.6 Å². The van der Waals surface area contributed by atoms with E-state index < -0.39 is 0 Å². The van der Waals surface area contributed by atoms with Crippen molar-refractivity contribution >= 4 is 0 Å². The molecular weight excluding hydrogens is 182 g/mol. The first-order valence-electron chi connectivity index (χ1n) is 5.11. The van der Waals surface area contributed by atoms with Crippen molar-refractivity contribution in [3.8, 4) is 11.3 Å². The van der Waals surface area contributed by atoms with Crippen molar-refractivity contribution in [1.82, 2.24) is 4.98 Å². The molecule has 0 amide bonds. The van der Waals surface area contributed by atoms with Gasteiger partial charge in [0, 0.05) is 11.8 Å². The zero-order valence-electron chi connectivity index (χ0n) is 8.90. The van der Waals surface area contributed by atoms with Crippen LogP contribution < -0.4 is 0 Å². The second kappa shape index (κ2) is 4.26. The summed E-state index contributed by atoms with van der Waals surface area (Å²) in [5, 5.41) is 0. The predicted molar refractivity (Wildman–Crippen MR) is 63.5 cm³/mol. The summed E-state index contributed by atoms with van der Waals surface area (Å²) >= 11 is 0. The summed E-state index contributed by atoms with van der Waals surface area (Å²) < 4.78 is 0. The lowest BCUT2D eigenvalue weighted by atomic mass is 9.99. The fourth-order valence-corrected chi connectivity index (χ4v) is 1.67. The Morgan fingerprint density at radius 1 is 1.20 bits per heavy atom. The number of nitrogens with zero attached hydrogens (tertiary/aromatic N) is 1. The van der Waals surface area contributed by atoms with Crippen LogP contribution in [0.5, 0.6) is 0 Å². The highest BCUT2D eigenvalue weighted by molar-refractivity contribution is 5.64. The van der Waals surface area contributed by atoms with Gasteiger partial charge in [0.05, 0.1) is 5.69 Å². The van der Waals surface area contributed by atoms with E-state index in [-0.39, 0.29) is 0 Å². The molecule has 0 fully saturated rings. The molecule has 0 unspecified atom stereocenters. The van der Waals surface area contributed by atoms with Crippen LogP contribution in [0.3, 0.4) is 0 Å². The Hall–Kier alpha value is -1.63.